The molecule has 0 saturated heterocycles. The van der Waals surface area contributed by atoms with Crippen LogP contribution in [0.25, 0.3) is 10.9 Å². The van der Waals surface area contributed by atoms with Crippen molar-refractivity contribution in [3.63, 3.8) is 0 Å². The minimum absolute atomic E-state index is 1.19. The summed E-state index contributed by atoms with van der Waals surface area (Å²) < 4.78 is 0. The van der Waals surface area contributed by atoms with E-state index in [1.807, 2.05) is 0 Å². The first-order chi connectivity index (χ1) is 7.38. The van der Waals surface area contributed by atoms with Crippen LogP contribution in [0.3, 0.4) is 0 Å². The van der Waals surface area contributed by atoms with Gasteiger partial charge in [0, 0.05) is 28.6 Å². The fourth-order valence-electron chi connectivity index (χ4n) is 2.61. The zero-order valence-electron chi connectivity index (χ0n) is 9.14. The maximum atomic E-state index is 3.55. The molecule has 1 unspecified atom stereocenters. The zero-order valence-corrected chi connectivity index (χ0v) is 9.14. The number of nitrogens with one attached hydrogen (secondary N) is 2. The van der Waals surface area contributed by atoms with Crippen LogP contribution in [0.15, 0.2) is 24.3 Å². The van der Waals surface area contributed by atoms with Gasteiger partial charge in [0.25, 0.3) is 0 Å². The topological polar surface area (TPSA) is 20.2 Å². The van der Waals surface area contributed by atoms with E-state index in [9.17, 15) is 0 Å². The summed E-state index contributed by atoms with van der Waals surface area (Å²) in [4.78, 5) is 5.25. The molecule has 78 valence electrons. The Labute approximate surface area is 89.9 Å². The number of rotatable bonds is 1. The van der Waals surface area contributed by atoms with Crippen molar-refractivity contribution >= 4 is 10.9 Å². The minimum Gasteiger partial charge on any atom is -0.358 e. The van der Waals surface area contributed by atoms with Crippen molar-refractivity contribution < 1.29 is 4.90 Å². The van der Waals surface area contributed by atoms with Gasteiger partial charge < -0.3 is 9.88 Å². The molecule has 0 bridgehead atoms. The first kappa shape index (κ1) is 8.98. The van der Waals surface area contributed by atoms with Gasteiger partial charge in [-0.25, -0.2) is 0 Å². The minimum atomic E-state index is 1.19. The van der Waals surface area contributed by atoms with Crippen LogP contribution in [0.2, 0.25) is 0 Å². The maximum absolute atomic E-state index is 3.55. The lowest BCUT2D eigenvalue weighted by Crippen LogP contribution is -3.11. The van der Waals surface area contributed by atoms with Crippen LogP contribution in [-0.4, -0.2) is 18.1 Å². The molecule has 3 rings (SSSR count). The molecule has 15 heavy (non-hydrogen) atoms. The Morgan fingerprint density at radius 2 is 2.20 bits per heavy atom. The second-order valence-corrected chi connectivity index (χ2v) is 4.41. The Morgan fingerprint density at radius 3 is 3.07 bits per heavy atom. The van der Waals surface area contributed by atoms with Crippen molar-refractivity contribution in [2.75, 3.05) is 13.1 Å². The summed E-state index contributed by atoms with van der Waals surface area (Å²) in [5, 5.41) is 1.43. The third-order valence-electron chi connectivity index (χ3n) is 3.56. The highest BCUT2D eigenvalue weighted by molar-refractivity contribution is 5.84. The molecule has 0 amide bonds. The summed E-state index contributed by atoms with van der Waals surface area (Å²) in [6.07, 6.45) is 1.20. The smallest absolute Gasteiger partial charge is 0.105 e. The third-order valence-corrected chi connectivity index (χ3v) is 3.56. The molecule has 2 heterocycles. The summed E-state index contributed by atoms with van der Waals surface area (Å²) >= 11 is 0. The summed E-state index contributed by atoms with van der Waals surface area (Å²) in [5.41, 5.74) is 4.32. The van der Waals surface area contributed by atoms with E-state index in [4.69, 9.17) is 0 Å². The van der Waals surface area contributed by atoms with Gasteiger partial charge in [-0.05, 0) is 13.0 Å². The van der Waals surface area contributed by atoms with Gasteiger partial charge in [0.05, 0.1) is 13.1 Å². The van der Waals surface area contributed by atoms with Crippen LogP contribution in [-0.2, 0) is 13.0 Å². The van der Waals surface area contributed by atoms with Crippen molar-refractivity contribution in [1.82, 2.24) is 4.98 Å². The average molecular weight is 201 g/mol. The van der Waals surface area contributed by atoms with Crippen molar-refractivity contribution in [1.29, 1.82) is 0 Å². The van der Waals surface area contributed by atoms with Gasteiger partial charge in [0.2, 0.25) is 0 Å². The summed E-state index contributed by atoms with van der Waals surface area (Å²) in [7, 11) is 0. The number of fused-ring (bicyclic) bond motifs is 3. The van der Waals surface area contributed by atoms with E-state index >= 15 is 0 Å². The highest BCUT2D eigenvalue weighted by atomic mass is 15.1. The van der Waals surface area contributed by atoms with E-state index in [2.05, 4.69) is 36.2 Å². The van der Waals surface area contributed by atoms with E-state index in [1.54, 1.807) is 10.5 Å². The second-order valence-electron chi connectivity index (χ2n) is 4.41. The Morgan fingerprint density at radius 1 is 1.33 bits per heavy atom. The molecule has 2 nitrogen and oxygen atoms in total. The van der Waals surface area contributed by atoms with E-state index in [1.165, 1.54) is 42.7 Å². The Hall–Kier alpha value is -1.28. The zero-order chi connectivity index (χ0) is 10.3. The molecule has 1 aliphatic rings. The van der Waals surface area contributed by atoms with Crippen LogP contribution < -0.4 is 4.90 Å². The molecule has 1 aromatic carbocycles. The number of benzene rings is 1. The average Bonchev–Trinajstić information content (AvgIpc) is 2.66. The number of hydrogen-bond acceptors (Lipinski definition) is 0. The van der Waals surface area contributed by atoms with Gasteiger partial charge in [-0.15, -0.1) is 0 Å². The van der Waals surface area contributed by atoms with Gasteiger partial charge in [-0.2, -0.15) is 0 Å². The first-order valence-corrected chi connectivity index (χ1v) is 5.80. The lowest BCUT2D eigenvalue weighted by Gasteiger charge is -2.22. The Bertz CT molecular complexity index is 484. The molecule has 2 N–H and O–H groups in total. The van der Waals surface area contributed by atoms with Crippen LogP contribution in [0.5, 0.6) is 0 Å². The molecule has 1 aliphatic heterocycles. The number of likely N-dealkylation sites (N-methyl/N-ethyl adjacent to an activating group) is 1. The van der Waals surface area contributed by atoms with Crippen LogP contribution in [0, 0.1) is 0 Å². The van der Waals surface area contributed by atoms with E-state index < -0.39 is 0 Å². The molecule has 0 aliphatic carbocycles. The highest BCUT2D eigenvalue weighted by Crippen LogP contribution is 2.23. The second kappa shape index (κ2) is 3.38. The SMILES string of the molecule is CC[NH+]1CCc2[nH]c3ccccc3c2C1. The highest BCUT2D eigenvalue weighted by Gasteiger charge is 2.21. The predicted molar refractivity (Wildman–Crippen MR) is 62.1 cm³/mol. The number of H-pyrrole nitrogens is 1. The van der Waals surface area contributed by atoms with E-state index in [0.717, 1.165) is 0 Å². The fraction of sp³-hybridized carbons (Fsp3) is 0.385. The number of para-hydroxylation sites is 1. The first-order valence-electron chi connectivity index (χ1n) is 5.80. The fourth-order valence-corrected chi connectivity index (χ4v) is 2.61. The van der Waals surface area contributed by atoms with Crippen LogP contribution >= 0.6 is 0 Å². The van der Waals surface area contributed by atoms with Crippen LogP contribution in [0.4, 0.5) is 0 Å². The molecule has 1 aromatic heterocycles. The van der Waals surface area contributed by atoms with Gasteiger partial charge in [-0.3, -0.25) is 0 Å². The molecule has 1 atom stereocenters. The lowest BCUT2D eigenvalue weighted by molar-refractivity contribution is -0.914. The molecule has 2 aromatic rings. The van der Waals surface area contributed by atoms with Crippen LogP contribution in [0.1, 0.15) is 18.2 Å². The van der Waals surface area contributed by atoms with Gasteiger partial charge in [-0.1, -0.05) is 18.2 Å². The third kappa shape index (κ3) is 1.37. The summed E-state index contributed by atoms with van der Waals surface area (Å²) in [6, 6.07) is 8.66. The van der Waals surface area contributed by atoms with Gasteiger partial charge >= 0.3 is 0 Å². The van der Waals surface area contributed by atoms with E-state index in [0.29, 0.717) is 0 Å². The van der Waals surface area contributed by atoms with Gasteiger partial charge in [0.15, 0.2) is 0 Å². The number of aromatic amines is 1. The van der Waals surface area contributed by atoms with E-state index in [-0.39, 0.29) is 0 Å². The quantitative estimate of drug-likeness (QED) is 0.690. The molecule has 0 radical (unpaired) electrons. The van der Waals surface area contributed by atoms with Crippen molar-refractivity contribution in [3.8, 4) is 0 Å². The standard InChI is InChI=1S/C13H16N2/c1-2-15-8-7-13-11(9-15)10-5-3-4-6-12(10)14-13/h3-6,14H,2,7-9H2,1H3/p+1. The monoisotopic (exact) mass is 201 g/mol. The predicted octanol–water partition coefficient (Wildman–Crippen LogP) is 1.13. The number of hydrogen-bond donors (Lipinski definition) is 2. The van der Waals surface area contributed by atoms with Crippen molar-refractivity contribution in [2.24, 2.45) is 0 Å². The normalized spacial score (nSPS) is 20.5. The van der Waals surface area contributed by atoms with Gasteiger partial charge in [0.1, 0.15) is 6.54 Å². The molecular weight excluding hydrogens is 184 g/mol. The van der Waals surface area contributed by atoms with Crippen molar-refractivity contribution in [2.45, 2.75) is 19.9 Å². The van der Waals surface area contributed by atoms with Crippen molar-refractivity contribution in [3.05, 3.63) is 35.5 Å². The summed E-state index contributed by atoms with van der Waals surface area (Å²) in [5.74, 6) is 0. The lowest BCUT2D eigenvalue weighted by atomic mass is 10.0. The number of aromatic nitrogens is 1. The molecule has 0 spiro atoms. The molecule has 0 fully saturated rings. The summed E-state index contributed by atoms with van der Waals surface area (Å²) in [6.45, 7) is 5.97. The number of quaternary nitrogens is 1. The Balaban J connectivity index is 2.14. The largest absolute Gasteiger partial charge is 0.358 e. The Kier molecular flexibility index (Phi) is 2.03. The maximum Gasteiger partial charge on any atom is 0.105 e. The molecular formula is C13H17N2+. The molecule has 2 heteroatoms. The molecule has 0 saturated carbocycles.